The number of carboxylic acids is 1. The number of carboxylic acid groups (broad SMARTS) is 1. The van der Waals surface area contributed by atoms with E-state index in [-0.39, 0.29) is 63.8 Å². The standard InChI is InChI=1S/C46H64ClNO6/c1-27(2)38-32(49)25-46(21-18-36(50)48-28(3)29-12-11-13-30(47)24-29)23-22-44(9)31(39(38)46)14-15-34-43(8)19-17-35(54-37(51)26-41(4,5)40(52)53)42(6,7)33(43)16-20-45(34,44)10/h11-13,18,21,24,27-28,31,33-35H,14-17,19-20,22-23,25-26H2,1-10H3,(H,48,50)(H,52,53)/t28-,31+,33-,34+,35-,43-,44+,45+,46-/m0/s1. The lowest BCUT2D eigenvalue weighted by atomic mass is 9.33. The SMILES string of the molecule is CC(C)C1=C2[C@H]3CC[C@@H]4[C@@]5(C)CC[C@H](OC(=O)CC(C)(C)C(=O)O)C(C)(C)[C@@H]5CC[C@@]4(C)[C@]3(C)CC[C@@]2(C=CC(=O)N[C@@H](C)c2cccc(Cl)c2)CC1=O. The third kappa shape index (κ3) is 6.50. The van der Waals surface area contributed by atoms with Gasteiger partial charge in [0.05, 0.1) is 17.9 Å². The molecular weight excluding hydrogens is 698 g/mol. The minimum absolute atomic E-state index is 0.0133. The molecule has 54 heavy (non-hydrogen) atoms. The monoisotopic (exact) mass is 761 g/mol. The number of ketones is 1. The van der Waals surface area contributed by atoms with Gasteiger partial charge in [-0.05, 0) is 147 Å². The molecule has 0 saturated heterocycles. The summed E-state index contributed by atoms with van der Waals surface area (Å²) in [5, 5.41) is 13.4. The fraction of sp³-hybridized carbons (Fsp3) is 0.696. The summed E-state index contributed by atoms with van der Waals surface area (Å²) in [6.07, 6.45) is 11.6. The van der Waals surface area contributed by atoms with Crippen LogP contribution in [0.25, 0.3) is 0 Å². The number of halogens is 1. The number of esters is 1. The van der Waals surface area contributed by atoms with E-state index in [1.165, 1.54) is 5.57 Å². The minimum Gasteiger partial charge on any atom is -0.481 e. The number of carbonyl (C=O) groups excluding carboxylic acids is 3. The maximum Gasteiger partial charge on any atom is 0.309 e. The zero-order valence-electron chi connectivity index (χ0n) is 34.4. The number of Topliss-reactive ketones (excluding diaryl/α,β-unsaturated/α-hetero) is 1. The smallest absolute Gasteiger partial charge is 0.309 e. The molecule has 7 nitrogen and oxygen atoms in total. The lowest BCUT2D eigenvalue weighted by Crippen LogP contribution is -2.65. The first kappa shape index (κ1) is 40.7. The lowest BCUT2D eigenvalue weighted by molar-refractivity contribution is -0.232. The van der Waals surface area contributed by atoms with Crippen LogP contribution in [0, 0.1) is 56.2 Å². The topological polar surface area (TPSA) is 110 Å². The highest BCUT2D eigenvalue weighted by molar-refractivity contribution is 6.30. The summed E-state index contributed by atoms with van der Waals surface area (Å²) < 4.78 is 6.16. The molecule has 0 bridgehead atoms. The number of aliphatic carboxylic acids is 1. The Hall–Kier alpha value is -2.93. The molecule has 0 spiro atoms. The fourth-order valence-corrected chi connectivity index (χ4v) is 13.2. The molecule has 296 valence electrons. The Morgan fingerprint density at radius 3 is 2.31 bits per heavy atom. The highest BCUT2D eigenvalue weighted by Gasteiger charge is 2.70. The van der Waals surface area contributed by atoms with Crippen molar-refractivity contribution in [2.45, 2.75) is 146 Å². The van der Waals surface area contributed by atoms with Crippen molar-refractivity contribution >= 4 is 35.2 Å². The van der Waals surface area contributed by atoms with Crippen molar-refractivity contribution in [3.05, 3.63) is 58.1 Å². The Morgan fingerprint density at radius 2 is 1.67 bits per heavy atom. The van der Waals surface area contributed by atoms with Crippen molar-refractivity contribution in [2.24, 2.45) is 56.2 Å². The van der Waals surface area contributed by atoms with Crippen LogP contribution in [-0.2, 0) is 23.9 Å². The fourth-order valence-electron chi connectivity index (χ4n) is 13.0. The van der Waals surface area contributed by atoms with E-state index >= 15 is 0 Å². The summed E-state index contributed by atoms with van der Waals surface area (Å²) in [5.74, 6) is -0.126. The number of rotatable bonds is 9. The quantitative estimate of drug-likeness (QED) is 0.192. The summed E-state index contributed by atoms with van der Waals surface area (Å²) in [5.41, 5.74) is 1.48. The van der Waals surface area contributed by atoms with Gasteiger partial charge >= 0.3 is 11.9 Å². The molecule has 5 aliphatic rings. The number of allylic oxidation sites excluding steroid dienone is 3. The van der Waals surface area contributed by atoms with Gasteiger partial charge in [0.15, 0.2) is 5.78 Å². The Labute approximate surface area is 328 Å². The molecule has 5 aliphatic carbocycles. The largest absolute Gasteiger partial charge is 0.481 e. The van der Waals surface area contributed by atoms with Crippen LogP contribution >= 0.6 is 11.6 Å². The van der Waals surface area contributed by atoms with E-state index < -0.39 is 22.8 Å². The second-order valence-electron chi connectivity index (χ2n) is 20.2. The van der Waals surface area contributed by atoms with E-state index in [0.717, 1.165) is 62.5 Å². The van der Waals surface area contributed by atoms with Gasteiger partial charge in [-0.25, -0.2) is 0 Å². The summed E-state index contributed by atoms with van der Waals surface area (Å²) in [4.78, 5) is 52.3. The lowest BCUT2D eigenvalue weighted by Gasteiger charge is -2.72. The molecule has 0 unspecified atom stereocenters. The van der Waals surface area contributed by atoms with Gasteiger partial charge in [0, 0.05) is 22.3 Å². The molecule has 1 aromatic rings. The number of hydrogen-bond acceptors (Lipinski definition) is 5. The van der Waals surface area contributed by atoms with E-state index in [1.54, 1.807) is 19.9 Å². The molecule has 8 heteroatoms. The molecular formula is C46H64ClNO6. The Morgan fingerprint density at radius 1 is 0.963 bits per heavy atom. The second kappa shape index (κ2) is 13.9. The van der Waals surface area contributed by atoms with Crippen LogP contribution < -0.4 is 5.32 Å². The van der Waals surface area contributed by atoms with Crippen molar-refractivity contribution < 1.29 is 29.0 Å². The Balaban J connectivity index is 1.26. The van der Waals surface area contributed by atoms with E-state index in [9.17, 15) is 24.3 Å². The number of amides is 1. The molecule has 1 aromatic carbocycles. The number of ether oxygens (including phenoxy) is 1. The predicted molar refractivity (Wildman–Crippen MR) is 212 cm³/mol. The first-order valence-corrected chi connectivity index (χ1v) is 20.9. The average Bonchev–Trinajstić information content (AvgIpc) is 3.37. The van der Waals surface area contributed by atoms with Gasteiger partial charge in [-0.1, -0.05) is 78.3 Å². The Bertz CT molecular complexity index is 1770. The molecule has 0 heterocycles. The van der Waals surface area contributed by atoms with Crippen molar-refractivity contribution in [3.63, 3.8) is 0 Å². The van der Waals surface area contributed by atoms with Gasteiger partial charge in [0.1, 0.15) is 6.10 Å². The maximum absolute atomic E-state index is 14.0. The number of fused-ring (bicyclic) bond motifs is 7. The molecule has 0 aliphatic heterocycles. The van der Waals surface area contributed by atoms with Gasteiger partial charge in [-0.3, -0.25) is 19.2 Å². The van der Waals surface area contributed by atoms with Gasteiger partial charge in [0.25, 0.3) is 0 Å². The van der Waals surface area contributed by atoms with Gasteiger partial charge in [-0.15, -0.1) is 0 Å². The first-order chi connectivity index (χ1) is 25.0. The highest BCUT2D eigenvalue weighted by atomic mass is 35.5. The van der Waals surface area contributed by atoms with E-state index in [0.29, 0.717) is 23.3 Å². The molecule has 4 saturated carbocycles. The van der Waals surface area contributed by atoms with Crippen molar-refractivity contribution in [1.82, 2.24) is 5.32 Å². The van der Waals surface area contributed by atoms with Crippen LogP contribution in [0.4, 0.5) is 0 Å². The van der Waals surface area contributed by atoms with Crippen LogP contribution in [-0.4, -0.2) is 34.8 Å². The van der Waals surface area contributed by atoms with Gasteiger partial charge < -0.3 is 15.2 Å². The van der Waals surface area contributed by atoms with Crippen molar-refractivity contribution in [2.75, 3.05) is 0 Å². The third-order valence-electron chi connectivity index (χ3n) is 16.1. The van der Waals surface area contributed by atoms with Crippen LogP contribution in [0.1, 0.15) is 145 Å². The zero-order chi connectivity index (χ0) is 39.8. The third-order valence-corrected chi connectivity index (χ3v) is 16.4. The van der Waals surface area contributed by atoms with Crippen molar-refractivity contribution in [3.8, 4) is 0 Å². The molecule has 6 rings (SSSR count). The van der Waals surface area contributed by atoms with E-state index in [1.807, 2.05) is 31.2 Å². The van der Waals surface area contributed by atoms with Crippen LogP contribution in [0.2, 0.25) is 5.02 Å². The molecule has 1 amide bonds. The Kier molecular flexibility index (Phi) is 10.5. The molecule has 9 atom stereocenters. The highest BCUT2D eigenvalue weighted by Crippen LogP contribution is 2.77. The average molecular weight is 762 g/mol. The second-order valence-corrected chi connectivity index (χ2v) is 20.6. The van der Waals surface area contributed by atoms with Crippen molar-refractivity contribution in [1.29, 1.82) is 0 Å². The molecule has 2 N–H and O–H groups in total. The number of carbonyl (C=O) groups is 4. The number of nitrogens with one attached hydrogen (secondary N) is 1. The van der Waals surface area contributed by atoms with Crippen LogP contribution in [0.5, 0.6) is 0 Å². The summed E-state index contributed by atoms with van der Waals surface area (Å²) in [7, 11) is 0. The van der Waals surface area contributed by atoms with Crippen LogP contribution in [0.15, 0.2) is 47.6 Å². The molecule has 4 fully saturated rings. The minimum atomic E-state index is -1.17. The van der Waals surface area contributed by atoms with Crippen LogP contribution in [0.3, 0.4) is 0 Å². The number of hydrogen-bond donors (Lipinski definition) is 2. The van der Waals surface area contributed by atoms with Gasteiger partial charge in [0.2, 0.25) is 5.91 Å². The number of benzene rings is 1. The van der Waals surface area contributed by atoms with E-state index in [4.69, 9.17) is 16.3 Å². The summed E-state index contributed by atoms with van der Waals surface area (Å²) in [6.45, 7) is 21.5. The van der Waals surface area contributed by atoms with Gasteiger partial charge in [-0.2, -0.15) is 0 Å². The predicted octanol–water partition coefficient (Wildman–Crippen LogP) is 10.5. The summed E-state index contributed by atoms with van der Waals surface area (Å²) in [6, 6.07) is 7.35. The molecule has 0 aromatic heterocycles. The normalized spacial score (nSPS) is 36.6. The summed E-state index contributed by atoms with van der Waals surface area (Å²) >= 11 is 6.23. The van der Waals surface area contributed by atoms with E-state index in [2.05, 4.69) is 59.9 Å². The molecule has 0 radical (unpaired) electrons. The first-order valence-electron chi connectivity index (χ1n) is 20.5. The zero-order valence-corrected chi connectivity index (χ0v) is 35.1. The maximum atomic E-state index is 14.0.